The molecule has 41 heavy (non-hydrogen) atoms. The summed E-state index contributed by atoms with van der Waals surface area (Å²) in [6.07, 6.45) is 0. The van der Waals surface area contributed by atoms with Gasteiger partial charge in [-0.1, -0.05) is 41.6 Å². The van der Waals surface area contributed by atoms with Crippen LogP contribution in [0.2, 0.25) is 5.15 Å². The van der Waals surface area contributed by atoms with Gasteiger partial charge in [0.2, 0.25) is 5.91 Å². The number of rotatable bonds is 7. The van der Waals surface area contributed by atoms with Gasteiger partial charge in [0.15, 0.2) is 5.16 Å². The molecule has 2 fully saturated rings. The Hall–Kier alpha value is -3.57. The van der Waals surface area contributed by atoms with Crippen molar-refractivity contribution in [2.75, 3.05) is 68.5 Å². The van der Waals surface area contributed by atoms with Crippen LogP contribution in [0, 0.1) is 5.82 Å². The summed E-state index contributed by atoms with van der Waals surface area (Å²) in [4.78, 5) is 42.8. The van der Waals surface area contributed by atoms with Crippen LogP contribution in [0.4, 0.5) is 15.9 Å². The van der Waals surface area contributed by atoms with E-state index in [-0.39, 0.29) is 29.4 Å². The largest absolute Gasteiger partial charge is 0.497 e. The first-order chi connectivity index (χ1) is 19.8. The van der Waals surface area contributed by atoms with Crippen molar-refractivity contribution in [3.63, 3.8) is 0 Å². The highest BCUT2D eigenvalue weighted by Gasteiger charge is 2.30. The number of piperazine rings is 2. The second-order valence-electron chi connectivity index (χ2n) is 9.96. The van der Waals surface area contributed by atoms with Crippen molar-refractivity contribution >= 4 is 46.7 Å². The smallest absolute Gasteiger partial charge is 0.254 e. The number of halogens is 2. The second-order valence-corrected chi connectivity index (χ2v) is 11.3. The molecule has 9 nitrogen and oxygen atoms in total. The zero-order valence-corrected chi connectivity index (χ0v) is 24.6. The number of carbonyl (C=O) groups is 2. The summed E-state index contributed by atoms with van der Waals surface area (Å²) < 4.78 is 19.4. The predicted octanol–water partition coefficient (Wildman–Crippen LogP) is 4.07. The van der Waals surface area contributed by atoms with Crippen molar-refractivity contribution in [1.29, 1.82) is 0 Å². The van der Waals surface area contributed by atoms with Gasteiger partial charge in [-0.2, -0.15) is 0 Å². The van der Waals surface area contributed by atoms with Gasteiger partial charge < -0.3 is 24.3 Å². The highest BCUT2D eigenvalue weighted by atomic mass is 35.5. The minimum absolute atomic E-state index is 0.0217. The van der Waals surface area contributed by atoms with Crippen molar-refractivity contribution in [3.8, 4) is 5.75 Å². The van der Waals surface area contributed by atoms with Crippen LogP contribution in [0.5, 0.6) is 5.75 Å². The van der Waals surface area contributed by atoms with Crippen molar-refractivity contribution in [2.24, 2.45) is 0 Å². The molecule has 1 unspecified atom stereocenters. The minimum atomic E-state index is -0.254. The molecule has 3 aromatic rings. The Morgan fingerprint density at radius 1 is 1.00 bits per heavy atom. The standard InChI is InChI=1S/C29H32ClFN6O3S/c1-20-18-36(14-15-37(20)28(39)21-6-5-7-22(16-21)40-2)26-17-25(30)32-29(33-26)41-19-27(38)35-12-10-34(11-13-35)24-9-4-3-8-23(24)31/h3-9,16-17,20H,10-15,18-19H2,1-2H3. The molecule has 0 radical (unpaired) electrons. The lowest BCUT2D eigenvalue weighted by Crippen LogP contribution is -2.54. The van der Waals surface area contributed by atoms with Crippen LogP contribution in [0.3, 0.4) is 0 Å². The molecular formula is C29H32ClFN6O3S. The number of aromatic nitrogens is 2. The molecule has 0 spiro atoms. The summed E-state index contributed by atoms with van der Waals surface area (Å²) in [5.74, 6) is 1.17. The lowest BCUT2D eigenvalue weighted by Gasteiger charge is -2.40. The van der Waals surface area contributed by atoms with E-state index in [2.05, 4.69) is 14.9 Å². The lowest BCUT2D eigenvalue weighted by atomic mass is 10.1. The molecule has 216 valence electrons. The fourth-order valence-corrected chi connectivity index (χ4v) is 6.11. The number of methoxy groups -OCH3 is 1. The first kappa shape index (κ1) is 28.9. The first-order valence-electron chi connectivity index (χ1n) is 13.5. The molecule has 5 rings (SSSR count). The number of amides is 2. The Morgan fingerprint density at radius 3 is 2.49 bits per heavy atom. The Bertz CT molecular complexity index is 1410. The molecule has 1 aromatic heterocycles. The lowest BCUT2D eigenvalue weighted by molar-refractivity contribution is -0.128. The number of para-hydroxylation sites is 1. The molecule has 3 heterocycles. The summed E-state index contributed by atoms with van der Waals surface area (Å²) in [6.45, 7) is 5.88. The number of ether oxygens (including phenoxy) is 1. The monoisotopic (exact) mass is 598 g/mol. The van der Waals surface area contributed by atoms with Gasteiger partial charge >= 0.3 is 0 Å². The molecule has 1 atom stereocenters. The first-order valence-corrected chi connectivity index (χ1v) is 14.8. The van der Waals surface area contributed by atoms with E-state index in [1.807, 2.05) is 34.9 Å². The van der Waals surface area contributed by atoms with E-state index in [1.54, 1.807) is 42.3 Å². The number of nitrogens with zero attached hydrogens (tertiary/aromatic N) is 6. The average Bonchev–Trinajstić information content (AvgIpc) is 2.99. The number of hydrogen-bond donors (Lipinski definition) is 0. The molecule has 2 aromatic carbocycles. The van der Waals surface area contributed by atoms with Crippen LogP contribution >= 0.6 is 23.4 Å². The summed E-state index contributed by atoms with van der Waals surface area (Å²) in [6, 6.07) is 15.5. The summed E-state index contributed by atoms with van der Waals surface area (Å²) >= 11 is 7.59. The summed E-state index contributed by atoms with van der Waals surface area (Å²) in [7, 11) is 1.58. The third-order valence-corrected chi connectivity index (χ3v) is 8.37. The van der Waals surface area contributed by atoms with Gasteiger partial charge in [0.05, 0.1) is 18.6 Å². The van der Waals surface area contributed by atoms with E-state index in [4.69, 9.17) is 16.3 Å². The molecule has 0 aliphatic carbocycles. The Kier molecular flexibility index (Phi) is 9.14. The van der Waals surface area contributed by atoms with Crippen LogP contribution in [-0.4, -0.2) is 96.3 Å². The maximum atomic E-state index is 14.1. The fourth-order valence-electron chi connectivity index (χ4n) is 5.12. The topological polar surface area (TPSA) is 82.1 Å². The Labute approximate surface area is 248 Å². The number of anilines is 2. The summed E-state index contributed by atoms with van der Waals surface area (Å²) in [5.41, 5.74) is 1.15. The molecule has 2 saturated heterocycles. The van der Waals surface area contributed by atoms with E-state index >= 15 is 0 Å². The molecule has 2 aliphatic heterocycles. The SMILES string of the molecule is COc1cccc(C(=O)N2CCN(c3cc(Cl)nc(SCC(=O)N4CCN(c5ccccc5F)CC4)n3)CC2C)c1. The average molecular weight is 599 g/mol. The fraction of sp³-hybridized carbons (Fsp3) is 0.379. The van der Waals surface area contributed by atoms with Gasteiger partial charge in [-0.3, -0.25) is 9.59 Å². The van der Waals surface area contributed by atoms with Gasteiger partial charge in [0.25, 0.3) is 5.91 Å². The second kappa shape index (κ2) is 12.9. The number of benzene rings is 2. The normalized spacial score (nSPS) is 17.5. The Balaban J connectivity index is 1.15. The van der Waals surface area contributed by atoms with Crippen molar-refractivity contribution in [3.05, 3.63) is 71.1 Å². The van der Waals surface area contributed by atoms with Crippen LogP contribution in [0.1, 0.15) is 17.3 Å². The molecular weight excluding hydrogens is 567 g/mol. The molecule has 0 bridgehead atoms. The molecule has 0 saturated carbocycles. The molecule has 2 amide bonds. The van der Waals surface area contributed by atoms with Gasteiger partial charge in [0.1, 0.15) is 22.5 Å². The zero-order valence-electron chi connectivity index (χ0n) is 23.0. The van der Waals surface area contributed by atoms with Gasteiger partial charge in [-0.15, -0.1) is 0 Å². The minimum Gasteiger partial charge on any atom is -0.497 e. The molecule has 0 N–H and O–H groups in total. The molecule has 12 heteroatoms. The number of hydrogen-bond acceptors (Lipinski definition) is 8. The van der Waals surface area contributed by atoms with Gasteiger partial charge in [0, 0.05) is 63.5 Å². The van der Waals surface area contributed by atoms with E-state index in [1.165, 1.54) is 17.8 Å². The number of carbonyl (C=O) groups excluding carboxylic acids is 2. The van der Waals surface area contributed by atoms with Crippen LogP contribution in [-0.2, 0) is 4.79 Å². The number of thioether (sulfide) groups is 1. The Morgan fingerprint density at radius 2 is 1.76 bits per heavy atom. The van der Waals surface area contributed by atoms with Crippen molar-refractivity contribution in [2.45, 2.75) is 18.1 Å². The maximum absolute atomic E-state index is 14.1. The molecule has 2 aliphatic rings. The van der Waals surface area contributed by atoms with Gasteiger partial charge in [-0.05, 0) is 37.3 Å². The quantitative estimate of drug-likeness (QED) is 0.229. The van der Waals surface area contributed by atoms with E-state index < -0.39 is 0 Å². The van der Waals surface area contributed by atoms with E-state index in [0.29, 0.717) is 78.9 Å². The van der Waals surface area contributed by atoms with E-state index in [9.17, 15) is 14.0 Å². The third kappa shape index (κ3) is 6.84. The maximum Gasteiger partial charge on any atom is 0.254 e. The van der Waals surface area contributed by atoms with Crippen molar-refractivity contribution < 1.29 is 18.7 Å². The highest BCUT2D eigenvalue weighted by molar-refractivity contribution is 7.99. The van der Waals surface area contributed by atoms with E-state index in [0.717, 1.165) is 0 Å². The van der Waals surface area contributed by atoms with Gasteiger partial charge in [-0.25, -0.2) is 14.4 Å². The van der Waals surface area contributed by atoms with Crippen LogP contribution in [0.15, 0.2) is 59.8 Å². The third-order valence-electron chi connectivity index (χ3n) is 7.34. The van der Waals surface area contributed by atoms with Crippen molar-refractivity contribution in [1.82, 2.24) is 19.8 Å². The van der Waals surface area contributed by atoms with Crippen LogP contribution in [0.25, 0.3) is 0 Å². The predicted molar refractivity (Wildman–Crippen MR) is 159 cm³/mol. The zero-order chi connectivity index (χ0) is 28.9. The van der Waals surface area contributed by atoms with Crippen LogP contribution < -0.4 is 14.5 Å². The highest BCUT2D eigenvalue weighted by Crippen LogP contribution is 2.26. The summed E-state index contributed by atoms with van der Waals surface area (Å²) in [5, 5.41) is 0.722.